The van der Waals surface area contributed by atoms with E-state index in [1.807, 2.05) is 30.3 Å². The number of ether oxygens (including phenoxy) is 1. The van der Waals surface area contributed by atoms with Gasteiger partial charge in [0.25, 0.3) is 0 Å². The van der Waals surface area contributed by atoms with Gasteiger partial charge < -0.3 is 9.15 Å². The van der Waals surface area contributed by atoms with E-state index in [4.69, 9.17) is 9.15 Å². The highest BCUT2D eigenvalue weighted by molar-refractivity contribution is 5.84. The lowest BCUT2D eigenvalue weighted by molar-refractivity contribution is 0.0482. The highest BCUT2D eigenvalue weighted by atomic mass is 16.5. The first-order valence-corrected chi connectivity index (χ1v) is 4.99. The molecule has 0 saturated carbocycles. The molecule has 4 nitrogen and oxygen atoms in total. The smallest absolute Gasteiger partial charge is 0.394 e. The molecule has 82 valence electrons. The van der Waals surface area contributed by atoms with Gasteiger partial charge in [-0.25, -0.2) is 9.78 Å². The first kappa shape index (κ1) is 10.4. The average Bonchev–Trinajstić information content (AvgIpc) is 2.80. The van der Waals surface area contributed by atoms with Gasteiger partial charge in [0, 0.05) is 5.56 Å². The zero-order valence-electron chi connectivity index (χ0n) is 8.84. The SMILES string of the molecule is CCOC(=O)c1ncc(-c2ccccc2)o1. The summed E-state index contributed by atoms with van der Waals surface area (Å²) in [5.74, 6) is 0.00837. The zero-order valence-corrected chi connectivity index (χ0v) is 8.84. The molecule has 0 radical (unpaired) electrons. The Bertz CT molecular complexity index is 476. The van der Waals surface area contributed by atoms with Gasteiger partial charge in [-0.1, -0.05) is 30.3 Å². The molecule has 0 saturated heterocycles. The zero-order chi connectivity index (χ0) is 11.4. The Morgan fingerprint density at radius 2 is 2.12 bits per heavy atom. The number of carbonyl (C=O) groups is 1. The minimum Gasteiger partial charge on any atom is -0.459 e. The summed E-state index contributed by atoms with van der Waals surface area (Å²) in [5.41, 5.74) is 0.880. The molecule has 0 spiro atoms. The van der Waals surface area contributed by atoms with Crippen LogP contribution in [0.15, 0.2) is 40.9 Å². The summed E-state index contributed by atoms with van der Waals surface area (Å²) in [7, 11) is 0. The van der Waals surface area contributed by atoms with E-state index in [2.05, 4.69) is 4.98 Å². The van der Waals surface area contributed by atoms with Crippen LogP contribution in [0.3, 0.4) is 0 Å². The molecule has 1 heterocycles. The molecule has 1 aromatic carbocycles. The summed E-state index contributed by atoms with van der Waals surface area (Å²) < 4.78 is 10.1. The molecule has 0 aliphatic heterocycles. The Labute approximate surface area is 92.9 Å². The van der Waals surface area contributed by atoms with E-state index in [0.29, 0.717) is 12.4 Å². The predicted molar refractivity (Wildman–Crippen MR) is 57.9 cm³/mol. The standard InChI is InChI=1S/C12H11NO3/c1-2-15-12(14)11-13-8-10(16-11)9-6-4-3-5-7-9/h3-8H,2H2,1H3. The lowest BCUT2D eigenvalue weighted by Crippen LogP contribution is -2.04. The van der Waals surface area contributed by atoms with Crippen molar-refractivity contribution >= 4 is 5.97 Å². The topological polar surface area (TPSA) is 52.3 Å². The Kier molecular flexibility index (Phi) is 3.00. The summed E-state index contributed by atoms with van der Waals surface area (Å²) >= 11 is 0. The van der Waals surface area contributed by atoms with E-state index < -0.39 is 5.97 Å². The maximum absolute atomic E-state index is 11.3. The van der Waals surface area contributed by atoms with Gasteiger partial charge in [-0.15, -0.1) is 0 Å². The van der Waals surface area contributed by atoms with Crippen molar-refractivity contribution in [3.63, 3.8) is 0 Å². The molecule has 0 bridgehead atoms. The van der Waals surface area contributed by atoms with Crippen molar-refractivity contribution in [3.05, 3.63) is 42.4 Å². The van der Waals surface area contributed by atoms with Crippen LogP contribution in [0.1, 0.15) is 17.6 Å². The van der Waals surface area contributed by atoms with E-state index in [1.165, 1.54) is 6.20 Å². The summed E-state index contributed by atoms with van der Waals surface area (Å²) in [6.45, 7) is 2.04. The molecule has 0 fully saturated rings. The van der Waals surface area contributed by atoms with Crippen molar-refractivity contribution in [2.75, 3.05) is 6.61 Å². The van der Waals surface area contributed by atoms with Gasteiger partial charge in [0.2, 0.25) is 0 Å². The summed E-state index contributed by atoms with van der Waals surface area (Å²) in [5, 5.41) is 0. The average molecular weight is 217 g/mol. The number of hydrogen-bond donors (Lipinski definition) is 0. The summed E-state index contributed by atoms with van der Waals surface area (Å²) in [6.07, 6.45) is 1.52. The third-order valence-electron chi connectivity index (χ3n) is 2.01. The predicted octanol–water partition coefficient (Wildman–Crippen LogP) is 2.52. The fraction of sp³-hybridized carbons (Fsp3) is 0.167. The molecule has 2 aromatic rings. The number of hydrogen-bond acceptors (Lipinski definition) is 4. The second-order valence-corrected chi connectivity index (χ2v) is 3.12. The molecular formula is C12H11NO3. The molecule has 0 N–H and O–H groups in total. The number of benzene rings is 1. The quantitative estimate of drug-likeness (QED) is 0.741. The van der Waals surface area contributed by atoms with Gasteiger partial charge in [-0.05, 0) is 6.92 Å². The van der Waals surface area contributed by atoms with Crippen LogP contribution >= 0.6 is 0 Å². The van der Waals surface area contributed by atoms with Crippen molar-refractivity contribution in [2.24, 2.45) is 0 Å². The number of nitrogens with zero attached hydrogens (tertiary/aromatic N) is 1. The largest absolute Gasteiger partial charge is 0.459 e. The van der Waals surface area contributed by atoms with Crippen LogP contribution in [0, 0.1) is 0 Å². The normalized spacial score (nSPS) is 10.1. The fourth-order valence-electron chi connectivity index (χ4n) is 1.30. The monoisotopic (exact) mass is 217 g/mol. The van der Waals surface area contributed by atoms with Gasteiger partial charge >= 0.3 is 11.9 Å². The van der Waals surface area contributed by atoms with Crippen LogP contribution in [0.5, 0.6) is 0 Å². The summed E-state index contributed by atoms with van der Waals surface area (Å²) in [6, 6.07) is 9.46. The van der Waals surface area contributed by atoms with Crippen LogP contribution in [0.25, 0.3) is 11.3 Å². The highest BCUT2D eigenvalue weighted by Gasteiger charge is 2.14. The minimum atomic E-state index is -0.537. The van der Waals surface area contributed by atoms with E-state index in [1.54, 1.807) is 6.92 Å². The Morgan fingerprint density at radius 3 is 2.81 bits per heavy atom. The molecule has 2 rings (SSSR count). The molecule has 1 aromatic heterocycles. The van der Waals surface area contributed by atoms with Crippen molar-refractivity contribution in [1.29, 1.82) is 0 Å². The van der Waals surface area contributed by atoms with Crippen molar-refractivity contribution in [2.45, 2.75) is 6.92 Å². The highest BCUT2D eigenvalue weighted by Crippen LogP contribution is 2.19. The van der Waals surface area contributed by atoms with Crippen LogP contribution in [-0.2, 0) is 4.74 Å². The molecule has 0 aliphatic carbocycles. The van der Waals surface area contributed by atoms with Crippen molar-refractivity contribution in [3.8, 4) is 11.3 Å². The van der Waals surface area contributed by atoms with Crippen molar-refractivity contribution in [1.82, 2.24) is 4.98 Å². The minimum absolute atomic E-state index is 0.0132. The second kappa shape index (κ2) is 4.61. The lowest BCUT2D eigenvalue weighted by Gasteiger charge is -1.96. The first-order valence-electron chi connectivity index (χ1n) is 4.99. The molecule has 0 atom stereocenters. The van der Waals surface area contributed by atoms with Gasteiger partial charge in [-0.2, -0.15) is 0 Å². The number of aromatic nitrogens is 1. The van der Waals surface area contributed by atoms with Gasteiger partial charge in [0.1, 0.15) is 0 Å². The molecular weight excluding hydrogens is 206 g/mol. The maximum Gasteiger partial charge on any atom is 0.394 e. The van der Waals surface area contributed by atoms with Crippen LogP contribution in [0.2, 0.25) is 0 Å². The Morgan fingerprint density at radius 1 is 1.38 bits per heavy atom. The Hall–Kier alpha value is -2.10. The van der Waals surface area contributed by atoms with Crippen LogP contribution < -0.4 is 0 Å². The van der Waals surface area contributed by atoms with Crippen molar-refractivity contribution < 1.29 is 13.9 Å². The first-order chi connectivity index (χ1) is 7.81. The number of oxazole rings is 1. The lowest BCUT2D eigenvalue weighted by atomic mass is 10.2. The van der Waals surface area contributed by atoms with E-state index >= 15 is 0 Å². The van der Waals surface area contributed by atoms with Gasteiger partial charge in [-0.3, -0.25) is 0 Å². The maximum atomic E-state index is 11.3. The Balaban J connectivity index is 2.23. The number of carbonyl (C=O) groups excluding carboxylic acids is 1. The molecule has 0 amide bonds. The van der Waals surface area contributed by atoms with Crippen LogP contribution in [0.4, 0.5) is 0 Å². The van der Waals surface area contributed by atoms with E-state index in [9.17, 15) is 4.79 Å². The molecule has 0 aliphatic rings. The molecule has 4 heteroatoms. The number of esters is 1. The van der Waals surface area contributed by atoms with Gasteiger partial charge in [0.15, 0.2) is 5.76 Å². The molecule has 0 unspecified atom stereocenters. The van der Waals surface area contributed by atoms with E-state index in [0.717, 1.165) is 5.56 Å². The third-order valence-corrected chi connectivity index (χ3v) is 2.01. The van der Waals surface area contributed by atoms with Crippen LogP contribution in [-0.4, -0.2) is 17.6 Å². The number of rotatable bonds is 3. The second-order valence-electron chi connectivity index (χ2n) is 3.12. The van der Waals surface area contributed by atoms with E-state index in [-0.39, 0.29) is 5.89 Å². The van der Waals surface area contributed by atoms with Gasteiger partial charge in [0.05, 0.1) is 12.8 Å². The summed E-state index contributed by atoms with van der Waals surface area (Å²) in [4.78, 5) is 15.2. The fourth-order valence-corrected chi connectivity index (χ4v) is 1.30. The third kappa shape index (κ3) is 2.11. The molecule has 16 heavy (non-hydrogen) atoms.